The third-order valence-electron chi connectivity index (χ3n) is 2.25. The molecule has 1 aromatic carbocycles. The number of hydrogen-bond donors (Lipinski definition) is 2. The van der Waals surface area contributed by atoms with Crippen LogP contribution in [0.15, 0.2) is 29.6 Å². The molecule has 1 aliphatic rings. The third-order valence-corrected chi connectivity index (χ3v) is 3.55. The van der Waals surface area contributed by atoms with Gasteiger partial charge in [0.15, 0.2) is 0 Å². The smallest absolute Gasteiger partial charge is 0.320 e. The second-order valence-electron chi connectivity index (χ2n) is 3.14. The summed E-state index contributed by atoms with van der Waals surface area (Å²) in [4.78, 5) is 9.34. The van der Waals surface area contributed by atoms with Gasteiger partial charge in [-0.2, -0.15) is 0 Å². The summed E-state index contributed by atoms with van der Waals surface area (Å²) in [6, 6.07) is 7.57. The van der Waals surface area contributed by atoms with Gasteiger partial charge in [0, 0.05) is 11.7 Å². The van der Waals surface area contributed by atoms with Crippen LogP contribution in [0.3, 0.4) is 0 Å². The number of hydrogen-bond acceptors (Lipinski definition) is 3. The van der Waals surface area contributed by atoms with Crippen LogP contribution in [0, 0.1) is 0 Å². The molecule has 0 heterocycles. The molecule has 1 atom stereocenters. The molecule has 3 N–H and O–H groups in total. The molecule has 0 fully saturated rings. The third kappa shape index (κ3) is 1.53. The van der Waals surface area contributed by atoms with Crippen molar-refractivity contribution in [3.8, 4) is 0 Å². The molecule has 5 heteroatoms. The monoisotopic (exact) mass is 211 g/mol. The molecular weight excluding hydrogens is 201 g/mol. The maximum absolute atomic E-state index is 11.4. The molecular formula is C9H10NO3P. The van der Waals surface area contributed by atoms with E-state index in [4.69, 9.17) is 5.90 Å². The lowest BCUT2D eigenvalue weighted by Gasteiger charge is -2.07. The zero-order chi connectivity index (χ0) is 10.2. The van der Waals surface area contributed by atoms with Crippen LogP contribution in [0.25, 0.3) is 6.08 Å². The Balaban J connectivity index is 2.37. The number of rotatable bonds is 2. The minimum Gasteiger partial charge on any atom is -0.320 e. The summed E-state index contributed by atoms with van der Waals surface area (Å²) < 4.78 is 15.5. The average Bonchev–Trinajstić information content (AvgIpc) is 2.61. The highest BCUT2D eigenvalue weighted by Gasteiger charge is 2.29. The zero-order valence-corrected chi connectivity index (χ0v) is 8.28. The molecule has 0 amide bonds. The second kappa shape index (κ2) is 3.33. The Morgan fingerprint density at radius 3 is 2.79 bits per heavy atom. The van der Waals surface area contributed by atoms with Crippen LogP contribution in [-0.4, -0.2) is 4.89 Å². The van der Waals surface area contributed by atoms with Crippen LogP contribution < -0.4 is 5.90 Å². The van der Waals surface area contributed by atoms with Crippen molar-refractivity contribution >= 4 is 13.7 Å². The maximum atomic E-state index is 11.4. The summed E-state index contributed by atoms with van der Waals surface area (Å²) in [5, 5.41) is 0.348. The number of nitrogens with two attached hydrogens (primary N) is 1. The molecule has 0 aliphatic heterocycles. The van der Waals surface area contributed by atoms with Crippen molar-refractivity contribution in [2.75, 3.05) is 0 Å². The average molecular weight is 211 g/mol. The normalized spacial score (nSPS) is 18.6. The van der Waals surface area contributed by atoms with Crippen molar-refractivity contribution in [2.24, 2.45) is 5.90 Å². The molecule has 0 radical (unpaired) electrons. The summed E-state index contributed by atoms with van der Waals surface area (Å²) in [5.74, 6) is 4.77. The quantitative estimate of drug-likeness (QED) is 0.576. The number of allylic oxidation sites excluding steroid dienone is 1. The standard InChI is InChI=1S/C9H10NO3P/c10-13-14(11,12)9-5-7-3-1-2-4-8(7)6-9/h1-5H,6,10H2,(H,11,12). The van der Waals surface area contributed by atoms with E-state index in [2.05, 4.69) is 4.62 Å². The van der Waals surface area contributed by atoms with Crippen LogP contribution in [0.2, 0.25) is 0 Å². The van der Waals surface area contributed by atoms with Crippen LogP contribution in [0.4, 0.5) is 0 Å². The molecule has 2 rings (SSSR count). The summed E-state index contributed by atoms with van der Waals surface area (Å²) >= 11 is 0. The predicted octanol–water partition coefficient (Wildman–Crippen LogP) is 1.66. The fraction of sp³-hybridized carbons (Fsp3) is 0.111. The van der Waals surface area contributed by atoms with Gasteiger partial charge in [0.05, 0.1) is 0 Å². The largest absolute Gasteiger partial charge is 0.371 e. The van der Waals surface area contributed by atoms with Crippen LogP contribution in [0.1, 0.15) is 11.1 Å². The number of fused-ring (bicyclic) bond motifs is 1. The Kier molecular flexibility index (Phi) is 2.29. The summed E-state index contributed by atoms with van der Waals surface area (Å²) in [7, 11) is -3.76. The maximum Gasteiger partial charge on any atom is 0.371 e. The molecule has 1 aromatic rings. The van der Waals surface area contributed by atoms with E-state index in [0.717, 1.165) is 11.1 Å². The highest BCUT2D eigenvalue weighted by atomic mass is 31.2. The van der Waals surface area contributed by atoms with Crippen LogP contribution in [0.5, 0.6) is 0 Å². The SMILES string of the molecule is NOP(=O)(O)C1=Cc2ccccc2C1. The topological polar surface area (TPSA) is 72.5 Å². The van der Waals surface area contributed by atoms with Gasteiger partial charge in [-0.15, -0.1) is 0 Å². The molecule has 74 valence electrons. The van der Waals surface area contributed by atoms with E-state index in [1.165, 1.54) is 0 Å². The van der Waals surface area contributed by atoms with E-state index in [9.17, 15) is 9.46 Å². The molecule has 0 spiro atoms. The molecule has 0 bridgehead atoms. The van der Waals surface area contributed by atoms with E-state index in [0.29, 0.717) is 11.7 Å². The van der Waals surface area contributed by atoms with Gasteiger partial charge in [-0.05, 0) is 17.2 Å². The van der Waals surface area contributed by atoms with E-state index in [1.54, 1.807) is 6.08 Å². The zero-order valence-electron chi connectivity index (χ0n) is 7.38. The summed E-state index contributed by atoms with van der Waals surface area (Å²) in [5.41, 5.74) is 1.97. The van der Waals surface area contributed by atoms with Gasteiger partial charge >= 0.3 is 7.60 Å². The van der Waals surface area contributed by atoms with Crippen LogP contribution >= 0.6 is 7.60 Å². The molecule has 14 heavy (non-hydrogen) atoms. The molecule has 4 nitrogen and oxygen atoms in total. The minimum atomic E-state index is -3.76. The van der Waals surface area contributed by atoms with Crippen molar-refractivity contribution in [3.63, 3.8) is 0 Å². The van der Waals surface area contributed by atoms with Crippen molar-refractivity contribution in [1.29, 1.82) is 0 Å². The summed E-state index contributed by atoms with van der Waals surface area (Å²) in [6.45, 7) is 0. The van der Waals surface area contributed by atoms with Gasteiger partial charge in [-0.25, -0.2) is 10.5 Å². The molecule has 0 saturated carbocycles. The van der Waals surface area contributed by atoms with Gasteiger partial charge < -0.3 is 4.89 Å². The Bertz CT molecular complexity index is 441. The first-order valence-corrected chi connectivity index (χ1v) is 5.71. The van der Waals surface area contributed by atoms with Crippen LogP contribution in [-0.2, 0) is 15.6 Å². The van der Waals surface area contributed by atoms with Gasteiger partial charge in [-0.3, -0.25) is 4.57 Å². The van der Waals surface area contributed by atoms with Crippen molar-refractivity contribution in [3.05, 3.63) is 40.7 Å². The Labute approximate surface area is 81.5 Å². The first-order valence-electron chi connectivity index (χ1n) is 4.14. The minimum absolute atomic E-state index is 0.348. The highest BCUT2D eigenvalue weighted by Crippen LogP contribution is 2.53. The van der Waals surface area contributed by atoms with E-state index in [1.807, 2.05) is 24.3 Å². The fourth-order valence-electron chi connectivity index (χ4n) is 1.51. The Morgan fingerprint density at radius 1 is 1.43 bits per heavy atom. The second-order valence-corrected chi connectivity index (χ2v) is 4.96. The highest BCUT2D eigenvalue weighted by molar-refractivity contribution is 7.57. The fourth-order valence-corrected chi connectivity index (χ4v) is 2.32. The predicted molar refractivity (Wildman–Crippen MR) is 53.2 cm³/mol. The Hall–Kier alpha value is -0.930. The number of benzene rings is 1. The van der Waals surface area contributed by atoms with E-state index >= 15 is 0 Å². The lowest BCUT2D eigenvalue weighted by atomic mass is 10.1. The van der Waals surface area contributed by atoms with Crippen molar-refractivity contribution < 1.29 is 14.1 Å². The van der Waals surface area contributed by atoms with Gasteiger partial charge in [0.1, 0.15) is 0 Å². The first-order chi connectivity index (χ1) is 6.63. The Morgan fingerprint density at radius 2 is 2.14 bits per heavy atom. The summed E-state index contributed by atoms with van der Waals surface area (Å²) in [6.07, 6.45) is 2.09. The lowest BCUT2D eigenvalue weighted by molar-refractivity contribution is 0.274. The van der Waals surface area contributed by atoms with Crippen molar-refractivity contribution in [1.82, 2.24) is 0 Å². The van der Waals surface area contributed by atoms with Gasteiger partial charge in [-0.1, -0.05) is 24.3 Å². The molecule has 0 aromatic heterocycles. The van der Waals surface area contributed by atoms with Gasteiger partial charge in [0.2, 0.25) is 0 Å². The molecule has 1 aliphatic carbocycles. The van der Waals surface area contributed by atoms with E-state index < -0.39 is 7.60 Å². The van der Waals surface area contributed by atoms with E-state index in [-0.39, 0.29) is 0 Å². The first kappa shape index (κ1) is 9.62. The lowest BCUT2D eigenvalue weighted by Crippen LogP contribution is -1.98. The van der Waals surface area contributed by atoms with Crippen molar-refractivity contribution in [2.45, 2.75) is 6.42 Å². The molecule has 0 saturated heterocycles. The van der Waals surface area contributed by atoms with Gasteiger partial charge in [0.25, 0.3) is 0 Å². The molecule has 1 unspecified atom stereocenters.